The van der Waals surface area contributed by atoms with Gasteiger partial charge in [-0.1, -0.05) is 6.92 Å². The number of aromatic nitrogens is 2. The maximum atomic E-state index is 5.38. The van der Waals surface area contributed by atoms with Gasteiger partial charge >= 0.3 is 0 Å². The van der Waals surface area contributed by atoms with Crippen molar-refractivity contribution in [3.63, 3.8) is 0 Å². The molecule has 1 rings (SSSR count). The van der Waals surface area contributed by atoms with E-state index in [-0.39, 0.29) is 0 Å². The summed E-state index contributed by atoms with van der Waals surface area (Å²) in [4.78, 5) is 10.9. The molecule has 0 aliphatic rings. The van der Waals surface area contributed by atoms with Crippen molar-refractivity contribution in [1.29, 1.82) is 0 Å². The number of nitrogens with one attached hydrogen (secondary N) is 1. The summed E-state index contributed by atoms with van der Waals surface area (Å²) in [6.45, 7) is 9.32. The highest BCUT2D eigenvalue weighted by Gasteiger charge is 2.12. The predicted octanol–water partition coefficient (Wildman–Crippen LogP) is 1.70. The van der Waals surface area contributed by atoms with E-state index < -0.39 is 0 Å². The number of hydrazine groups is 1. The lowest BCUT2D eigenvalue weighted by molar-refractivity contribution is 0.660. The van der Waals surface area contributed by atoms with Gasteiger partial charge in [-0.2, -0.15) is 0 Å². The van der Waals surface area contributed by atoms with Crippen LogP contribution in [-0.2, 0) is 0 Å². The van der Waals surface area contributed by atoms with Crippen LogP contribution >= 0.6 is 0 Å². The average molecular weight is 223 g/mol. The molecule has 0 radical (unpaired) electrons. The molecular weight excluding hydrogens is 202 g/mol. The van der Waals surface area contributed by atoms with Gasteiger partial charge in [0.1, 0.15) is 17.5 Å². The third-order valence-electron chi connectivity index (χ3n) is 2.35. The van der Waals surface area contributed by atoms with Gasteiger partial charge in [-0.25, -0.2) is 15.8 Å². The van der Waals surface area contributed by atoms with Gasteiger partial charge in [0.05, 0.1) is 0 Å². The Balaban J connectivity index is 3.03. The van der Waals surface area contributed by atoms with Crippen LogP contribution in [-0.4, -0.2) is 22.6 Å². The fourth-order valence-corrected chi connectivity index (χ4v) is 1.65. The van der Waals surface area contributed by atoms with E-state index in [1.165, 1.54) is 0 Å². The molecule has 0 amide bonds. The zero-order valence-electron chi connectivity index (χ0n) is 10.5. The second kappa shape index (κ2) is 5.65. The minimum Gasteiger partial charge on any atom is -0.354 e. The maximum Gasteiger partial charge on any atom is 0.145 e. The molecule has 0 spiro atoms. The normalized spacial score (nSPS) is 10.6. The Morgan fingerprint density at radius 2 is 2.12 bits per heavy atom. The van der Waals surface area contributed by atoms with Crippen molar-refractivity contribution in [3.8, 4) is 0 Å². The lowest BCUT2D eigenvalue weighted by Crippen LogP contribution is -2.32. The quantitative estimate of drug-likeness (QED) is 0.587. The Hall–Kier alpha value is -1.36. The summed E-state index contributed by atoms with van der Waals surface area (Å²) in [7, 11) is 0. The summed E-state index contributed by atoms with van der Waals surface area (Å²) in [6, 6.07) is 2.29. The molecule has 5 heteroatoms. The SMILES string of the molecule is CCCN(c1cc(NN)nc(C)n1)C(C)C. The minimum absolute atomic E-state index is 0.417. The Labute approximate surface area is 97.0 Å². The lowest BCUT2D eigenvalue weighted by atomic mass is 10.3. The largest absolute Gasteiger partial charge is 0.354 e. The zero-order valence-corrected chi connectivity index (χ0v) is 10.5. The van der Waals surface area contributed by atoms with Crippen molar-refractivity contribution >= 4 is 11.6 Å². The summed E-state index contributed by atoms with van der Waals surface area (Å²) in [5.41, 5.74) is 2.57. The van der Waals surface area contributed by atoms with E-state index in [4.69, 9.17) is 5.84 Å². The van der Waals surface area contributed by atoms with E-state index in [9.17, 15) is 0 Å². The molecule has 1 aromatic heterocycles. The molecule has 3 N–H and O–H groups in total. The molecule has 5 nitrogen and oxygen atoms in total. The summed E-state index contributed by atoms with van der Waals surface area (Å²) in [5.74, 6) is 7.69. The van der Waals surface area contributed by atoms with Crippen LogP contribution in [0, 0.1) is 6.92 Å². The lowest BCUT2D eigenvalue weighted by Gasteiger charge is -2.27. The number of rotatable bonds is 5. The van der Waals surface area contributed by atoms with E-state index in [0.717, 1.165) is 24.6 Å². The summed E-state index contributed by atoms with van der Waals surface area (Å²) in [6.07, 6.45) is 1.09. The van der Waals surface area contributed by atoms with E-state index in [1.54, 1.807) is 0 Å². The van der Waals surface area contributed by atoms with Gasteiger partial charge in [0.15, 0.2) is 0 Å². The summed E-state index contributed by atoms with van der Waals surface area (Å²) in [5, 5.41) is 0. The number of aryl methyl sites for hydroxylation is 1. The molecule has 0 saturated heterocycles. The monoisotopic (exact) mass is 223 g/mol. The fraction of sp³-hybridized carbons (Fsp3) is 0.636. The van der Waals surface area contributed by atoms with Crippen LogP contribution in [0.5, 0.6) is 0 Å². The Morgan fingerprint density at radius 1 is 1.44 bits per heavy atom. The standard InChI is InChI=1S/C11H21N5/c1-5-6-16(8(2)3)11-7-10(15-12)13-9(4)14-11/h7-8H,5-6,12H2,1-4H3,(H,13,14,15). The van der Waals surface area contributed by atoms with E-state index in [1.807, 2.05) is 13.0 Å². The van der Waals surface area contributed by atoms with E-state index in [0.29, 0.717) is 11.9 Å². The smallest absolute Gasteiger partial charge is 0.145 e. The Kier molecular flexibility index (Phi) is 4.49. The van der Waals surface area contributed by atoms with Crippen LogP contribution in [0.4, 0.5) is 11.6 Å². The molecule has 0 unspecified atom stereocenters. The zero-order chi connectivity index (χ0) is 12.1. The van der Waals surface area contributed by atoms with Crippen molar-refractivity contribution in [3.05, 3.63) is 11.9 Å². The molecule has 0 aromatic carbocycles. The van der Waals surface area contributed by atoms with Gasteiger partial charge in [-0.15, -0.1) is 0 Å². The van der Waals surface area contributed by atoms with Gasteiger partial charge < -0.3 is 10.3 Å². The summed E-state index contributed by atoms with van der Waals surface area (Å²) < 4.78 is 0. The molecule has 0 fully saturated rings. The molecule has 0 aliphatic carbocycles. The summed E-state index contributed by atoms with van der Waals surface area (Å²) >= 11 is 0. The van der Waals surface area contributed by atoms with Crippen molar-refractivity contribution in [2.75, 3.05) is 16.9 Å². The second-order valence-corrected chi connectivity index (χ2v) is 4.09. The third-order valence-corrected chi connectivity index (χ3v) is 2.35. The van der Waals surface area contributed by atoms with Crippen LogP contribution in [0.25, 0.3) is 0 Å². The van der Waals surface area contributed by atoms with Gasteiger partial charge in [0.25, 0.3) is 0 Å². The second-order valence-electron chi connectivity index (χ2n) is 4.09. The number of hydrogen-bond acceptors (Lipinski definition) is 5. The first-order valence-corrected chi connectivity index (χ1v) is 5.67. The molecule has 0 aliphatic heterocycles. The molecule has 0 atom stereocenters. The fourth-order valence-electron chi connectivity index (χ4n) is 1.65. The molecule has 0 bridgehead atoms. The Bertz CT molecular complexity index is 337. The first-order chi connectivity index (χ1) is 7.58. The van der Waals surface area contributed by atoms with Crippen LogP contribution in [0.3, 0.4) is 0 Å². The number of nitrogens with zero attached hydrogens (tertiary/aromatic N) is 3. The van der Waals surface area contributed by atoms with Gasteiger partial charge in [0, 0.05) is 18.7 Å². The molecule has 0 saturated carbocycles. The van der Waals surface area contributed by atoms with E-state index in [2.05, 4.69) is 41.1 Å². The van der Waals surface area contributed by atoms with Gasteiger partial charge in [-0.3, -0.25) is 0 Å². The van der Waals surface area contributed by atoms with Crippen LogP contribution in [0.1, 0.15) is 33.0 Å². The van der Waals surface area contributed by atoms with Crippen LogP contribution < -0.4 is 16.2 Å². The minimum atomic E-state index is 0.417. The van der Waals surface area contributed by atoms with E-state index >= 15 is 0 Å². The van der Waals surface area contributed by atoms with Gasteiger partial charge in [-0.05, 0) is 27.2 Å². The number of hydrogen-bond donors (Lipinski definition) is 2. The molecule has 1 heterocycles. The van der Waals surface area contributed by atoms with Crippen molar-refractivity contribution in [1.82, 2.24) is 9.97 Å². The highest BCUT2D eigenvalue weighted by molar-refractivity contribution is 5.49. The Morgan fingerprint density at radius 3 is 2.62 bits per heavy atom. The molecule has 16 heavy (non-hydrogen) atoms. The van der Waals surface area contributed by atoms with Crippen molar-refractivity contribution in [2.24, 2.45) is 5.84 Å². The number of nitrogens with two attached hydrogens (primary N) is 1. The number of nitrogen functional groups attached to an aromatic ring is 1. The highest BCUT2D eigenvalue weighted by Crippen LogP contribution is 2.17. The molecular formula is C11H21N5. The first-order valence-electron chi connectivity index (χ1n) is 5.67. The van der Waals surface area contributed by atoms with Crippen molar-refractivity contribution < 1.29 is 0 Å². The maximum absolute atomic E-state index is 5.38. The predicted molar refractivity (Wildman–Crippen MR) is 67.4 cm³/mol. The van der Waals surface area contributed by atoms with Crippen molar-refractivity contribution in [2.45, 2.75) is 40.2 Å². The average Bonchev–Trinajstić information content (AvgIpc) is 2.24. The van der Waals surface area contributed by atoms with Crippen LogP contribution in [0.2, 0.25) is 0 Å². The molecule has 1 aromatic rings. The third kappa shape index (κ3) is 3.06. The topological polar surface area (TPSA) is 67.1 Å². The van der Waals surface area contributed by atoms with Crippen LogP contribution in [0.15, 0.2) is 6.07 Å². The first kappa shape index (κ1) is 12.7. The molecule has 90 valence electrons. The number of anilines is 2. The highest BCUT2D eigenvalue weighted by atomic mass is 15.3. The van der Waals surface area contributed by atoms with Gasteiger partial charge in [0.2, 0.25) is 0 Å².